The Morgan fingerprint density at radius 1 is 1.05 bits per heavy atom. The number of ether oxygens (including phenoxy) is 1. The summed E-state index contributed by atoms with van der Waals surface area (Å²) in [6.45, 7) is -0.360. The van der Waals surface area contributed by atoms with Crippen LogP contribution in [0, 0.1) is 0 Å². The van der Waals surface area contributed by atoms with Crippen LogP contribution < -0.4 is 4.74 Å². The first kappa shape index (κ1) is 14.4. The van der Waals surface area contributed by atoms with Gasteiger partial charge in [0.05, 0.1) is 11.1 Å². The molecule has 0 unspecified atom stereocenters. The van der Waals surface area contributed by atoms with Gasteiger partial charge in [-0.2, -0.15) is 0 Å². The lowest BCUT2D eigenvalue weighted by molar-refractivity contribution is 0.0696. The molecule has 0 saturated carbocycles. The molecular weight excluding hydrogens is 276 g/mol. The summed E-state index contributed by atoms with van der Waals surface area (Å²) in [5, 5.41) is 27.6. The Morgan fingerprint density at radius 2 is 1.81 bits per heavy atom. The molecule has 0 aliphatic carbocycles. The van der Waals surface area contributed by atoms with E-state index < -0.39 is 11.8 Å². The van der Waals surface area contributed by atoms with Crippen molar-refractivity contribution in [2.24, 2.45) is 0 Å². The largest absolute Gasteiger partial charge is 0.508 e. The number of hydrogen-bond acceptors (Lipinski definition) is 5. The first-order valence-corrected chi connectivity index (χ1v) is 5.98. The van der Waals surface area contributed by atoms with E-state index in [1.54, 1.807) is 0 Å². The van der Waals surface area contributed by atoms with Gasteiger partial charge in [-0.15, -0.1) is 0 Å². The second-order valence-corrected chi connectivity index (χ2v) is 4.25. The topological polar surface area (TPSA) is 104 Å². The van der Waals surface area contributed by atoms with Crippen LogP contribution in [0.15, 0.2) is 42.5 Å². The fourth-order valence-electron chi connectivity index (χ4n) is 1.70. The maximum atomic E-state index is 11.9. The number of carbonyl (C=O) groups is 2. The van der Waals surface area contributed by atoms with Gasteiger partial charge in [0.1, 0.15) is 17.2 Å². The van der Waals surface area contributed by atoms with Gasteiger partial charge >= 0.3 is 5.97 Å². The van der Waals surface area contributed by atoms with Crippen LogP contribution in [0.4, 0.5) is 0 Å². The van der Waals surface area contributed by atoms with Crippen molar-refractivity contribution in [1.29, 1.82) is 0 Å². The predicted octanol–water partition coefficient (Wildman–Crippen LogP) is 2.06. The standard InChI is InChI=1S/C15H12O6/c16-10-4-5-12(13(17)7-10)14(18)8-21-11-3-1-2-9(6-11)15(19)20/h1-7,16-17H,8H2,(H,19,20). The van der Waals surface area contributed by atoms with Crippen LogP contribution in [0.1, 0.15) is 20.7 Å². The van der Waals surface area contributed by atoms with E-state index in [1.807, 2.05) is 0 Å². The summed E-state index contributed by atoms with van der Waals surface area (Å²) in [4.78, 5) is 22.7. The Bertz CT molecular complexity index is 692. The van der Waals surface area contributed by atoms with E-state index in [4.69, 9.17) is 14.9 Å². The van der Waals surface area contributed by atoms with Gasteiger partial charge in [0.15, 0.2) is 6.61 Å². The van der Waals surface area contributed by atoms with Crippen molar-refractivity contribution in [3.63, 3.8) is 0 Å². The van der Waals surface area contributed by atoms with Gasteiger partial charge < -0.3 is 20.1 Å². The summed E-state index contributed by atoms with van der Waals surface area (Å²) in [5.74, 6) is -1.85. The second-order valence-electron chi connectivity index (χ2n) is 4.25. The van der Waals surface area contributed by atoms with E-state index in [9.17, 15) is 14.7 Å². The molecule has 0 heterocycles. The van der Waals surface area contributed by atoms with Gasteiger partial charge in [0.2, 0.25) is 5.78 Å². The minimum atomic E-state index is -1.09. The monoisotopic (exact) mass is 288 g/mol. The predicted molar refractivity (Wildman–Crippen MR) is 73.0 cm³/mol. The number of aromatic hydroxyl groups is 2. The van der Waals surface area contributed by atoms with E-state index in [0.717, 1.165) is 6.07 Å². The molecule has 2 aromatic carbocycles. The van der Waals surface area contributed by atoms with Crippen LogP contribution in [-0.4, -0.2) is 33.7 Å². The summed E-state index contributed by atoms with van der Waals surface area (Å²) in [7, 11) is 0. The molecule has 0 aromatic heterocycles. The number of ketones is 1. The molecule has 0 aliphatic rings. The third kappa shape index (κ3) is 3.50. The average Bonchev–Trinajstić information content (AvgIpc) is 2.45. The molecule has 6 nitrogen and oxygen atoms in total. The Kier molecular flexibility index (Phi) is 4.08. The van der Waals surface area contributed by atoms with Crippen LogP contribution in [0.3, 0.4) is 0 Å². The first-order valence-electron chi connectivity index (χ1n) is 5.98. The number of carbonyl (C=O) groups excluding carboxylic acids is 1. The van der Waals surface area contributed by atoms with Crippen molar-refractivity contribution >= 4 is 11.8 Å². The molecule has 108 valence electrons. The van der Waals surface area contributed by atoms with Crippen molar-refractivity contribution < 1.29 is 29.6 Å². The number of Topliss-reactive ketones (excluding diaryl/α,β-unsaturated/α-hetero) is 1. The van der Waals surface area contributed by atoms with Crippen molar-refractivity contribution in [1.82, 2.24) is 0 Å². The molecule has 0 atom stereocenters. The zero-order valence-corrected chi connectivity index (χ0v) is 10.8. The second kappa shape index (κ2) is 5.96. The van der Waals surface area contributed by atoms with Crippen LogP contribution in [0.25, 0.3) is 0 Å². The van der Waals surface area contributed by atoms with E-state index in [1.165, 1.54) is 36.4 Å². The number of rotatable bonds is 5. The zero-order valence-electron chi connectivity index (χ0n) is 10.8. The molecule has 0 radical (unpaired) electrons. The molecule has 0 spiro atoms. The fourth-order valence-corrected chi connectivity index (χ4v) is 1.70. The van der Waals surface area contributed by atoms with Gasteiger partial charge in [-0.05, 0) is 30.3 Å². The quantitative estimate of drug-likeness (QED) is 0.727. The number of phenolic OH excluding ortho intramolecular Hbond substituents is 2. The van der Waals surface area contributed by atoms with Gasteiger partial charge in [-0.25, -0.2) is 4.79 Å². The minimum absolute atomic E-state index is 0.0159. The zero-order chi connectivity index (χ0) is 15.4. The first-order chi connectivity index (χ1) is 9.97. The van der Waals surface area contributed by atoms with Gasteiger partial charge in [-0.1, -0.05) is 6.07 Å². The van der Waals surface area contributed by atoms with E-state index in [2.05, 4.69) is 0 Å². The van der Waals surface area contributed by atoms with Gasteiger partial charge in [0, 0.05) is 6.07 Å². The number of carboxylic acid groups (broad SMARTS) is 1. The van der Waals surface area contributed by atoms with Crippen LogP contribution in [0.2, 0.25) is 0 Å². The van der Waals surface area contributed by atoms with Crippen molar-refractivity contribution in [3.05, 3.63) is 53.6 Å². The summed E-state index contributed by atoms with van der Waals surface area (Å²) in [5.41, 5.74) is 0.0645. The Balaban J connectivity index is 2.07. The molecule has 0 bridgehead atoms. The third-order valence-corrected chi connectivity index (χ3v) is 2.73. The van der Waals surface area contributed by atoms with Crippen molar-refractivity contribution in [2.75, 3.05) is 6.61 Å². The highest BCUT2D eigenvalue weighted by atomic mass is 16.5. The average molecular weight is 288 g/mol. The molecule has 2 rings (SSSR count). The normalized spacial score (nSPS) is 10.1. The molecule has 0 fully saturated rings. The summed E-state index contributed by atoms with van der Waals surface area (Å²) < 4.78 is 5.21. The number of hydrogen-bond donors (Lipinski definition) is 3. The third-order valence-electron chi connectivity index (χ3n) is 2.73. The molecule has 6 heteroatoms. The van der Waals surface area contributed by atoms with Gasteiger partial charge in [-0.3, -0.25) is 4.79 Å². The summed E-state index contributed by atoms with van der Waals surface area (Å²) in [6, 6.07) is 9.34. The maximum absolute atomic E-state index is 11.9. The van der Waals surface area contributed by atoms with E-state index in [-0.39, 0.29) is 35.0 Å². The van der Waals surface area contributed by atoms with E-state index >= 15 is 0 Å². The van der Waals surface area contributed by atoms with Crippen LogP contribution in [-0.2, 0) is 0 Å². The smallest absolute Gasteiger partial charge is 0.335 e. The lowest BCUT2D eigenvalue weighted by Crippen LogP contribution is -2.12. The minimum Gasteiger partial charge on any atom is -0.508 e. The highest BCUT2D eigenvalue weighted by Crippen LogP contribution is 2.23. The summed E-state index contributed by atoms with van der Waals surface area (Å²) in [6.07, 6.45) is 0. The lowest BCUT2D eigenvalue weighted by atomic mass is 10.1. The molecule has 0 amide bonds. The molecule has 0 saturated heterocycles. The fraction of sp³-hybridized carbons (Fsp3) is 0.0667. The Hall–Kier alpha value is -3.02. The molecule has 21 heavy (non-hydrogen) atoms. The molecule has 0 aliphatic heterocycles. The lowest BCUT2D eigenvalue weighted by Gasteiger charge is -2.07. The van der Waals surface area contributed by atoms with Crippen molar-refractivity contribution in [3.8, 4) is 17.2 Å². The summed E-state index contributed by atoms with van der Waals surface area (Å²) >= 11 is 0. The molecular formula is C15H12O6. The Labute approximate surface area is 119 Å². The number of benzene rings is 2. The SMILES string of the molecule is O=C(O)c1cccc(OCC(=O)c2ccc(O)cc2O)c1. The maximum Gasteiger partial charge on any atom is 0.335 e. The van der Waals surface area contributed by atoms with Crippen LogP contribution >= 0.6 is 0 Å². The Morgan fingerprint density at radius 3 is 2.48 bits per heavy atom. The van der Waals surface area contributed by atoms with Crippen molar-refractivity contribution in [2.45, 2.75) is 0 Å². The molecule has 3 N–H and O–H groups in total. The number of aromatic carboxylic acids is 1. The van der Waals surface area contributed by atoms with Crippen LogP contribution in [0.5, 0.6) is 17.2 Å². The molecule has 2 aromatic rings. The van der Waals surface area contributed by atoms with Gasteiger partial charge in [0.25, 0.3) is 0 Å². The number of phenols is 2. The number of carboxylic acids is 1. The highest BCUT2D eigenvalue weighted by Gasteiger charge is 2.13. The van der Waals surface area contributed by atoms with E-state index in [0.29, 0.717) is 0 Å². The highest BCUT2D eigenvalue weighted by molar-refractivity contribution is 5.99.